The molecule has 1 fully saturated rings. The molecule has 1 N–H and O–H groups in total. The normalized spacial score (nSPS) is 24.0. The van der Waals surface area contributed by atoms with E-state index in [1.54, 1.807) is 0 Å². The van der Waals surface area contributed by atoms with Gasteiger partial charge in [-0.25, -0.2) is 0 Å². The Morgan fingerprint density at radius 3 is 2.72 bits per heavy atom. The molecule has 2 atom stereocenters. The predicted octanol–water partition coefficient (Wildman–Crippen LogP) is 5.68. The Labute approximate surface area is 120 Å². The molecule has 0 heterocycles. The van der Waals surface area contributed by atoms with Gasteiger partial charge in [0.1, 0.15) is 0 Å². The molecule has 1 aromatic carbocycles. The standard InChI is InChI=1S/C15H21Cl2N/c1-3-11-5-4-6-12(8-11)18-15-9-13(16)10(2)7-14(15)17/h7,9,11-12,18H,3-6,8H2,1-2H3. The van der Waals surface area contributed by atoms with E-state index >= 15 is 0 Å². The summed E-state index contributed by atoms with van der Waals surface area (Å²) in [4.78, 5) is 0. The van der Waals surface area contributed by atoms with Crippen molar-refractivity contribution in [2.24, 2.45) is 5.92 Å². The number of anilines is 1. The van der Waals surface area contributed by atoms with Crippen LogP contribution in [0.5, 0.6) is 0 Å². The summed E-state index contributed by atoms with van der Waals surface area (Å²) < 4.78 is 0. The van der Waals surface area contributed by atoms with Crippen molar-refractivity contribution in [3.63, 3.8) is 0 Å². The van der Waals surface area contributed by atoms with Crippen molar-refractivity contribution in [1.29, 1.82) is 0 Å². The monoisotopic (exact) mass is 285 g/mol. The molecule has 1 aliphatic rings. The minimum absolute atomic E-state index is 0.542. The molecule has 1 saturated carbocycles. The van der Waals surface area contributed by atoms with Crippen LogP contribution in [-0.2, 0) is 0 Å². The molecule has 0 aliphatic heterocycles. The summed E-state index contributed by atoms with van der Waals surface area (Å²) in [6.07, 6.45) is 6.45. The van der Waals surface area contributed by atoms with E-state index < -0.39 is 0 Å². The number of aryl methyl sites for hydroxylation is 1. The average molecular weight is 286 g/mol. The Kier molecular flexibility index (Phi) is 4.80. The van der Waals surface area contributed by atoms with E-state index in [4.69, 9.17) is 23.2 Å². The second kappa shape index (κ2) is 6.16. The number of rotatable bonds is 3. The highest BCUT2D eigenvalue weighted by Gasteiger charge is 2.21. The summed E-state index contributed by atoms with van der Waals surface area (Å²) in [5.41, 5.74) is 2.01. The van der Waals surface area contributed by atoms with Gasteiger partial charge >= 0.3 is 0 Å². The molecule has 1 nitrogen and oxygen atoms in total. The molecule has 3 heteroatoms. The van der Waals surface area contributed by atoms with E-state index in [2.05, 4.69) is 12.2 Å². The van der Waals surface area contributed by atoms with Crippen molar-refractivity contribution in [3.05, 3.63) is 27.7 Å². The number of nitrogens with one attached hydrogen (secondary N) is 1. The molecule has 18 heavy (non-hydrogen) atoms. The molecule has 0 bridgehead atoms. The van der Waals surface area contributed by atoms with Crippen LogP contribution in [0, 0.1) is 12.8 Å². The molecule has 2 rings (SSSR count). The minimum Gasteiger partial charge on any atom is -0.381 e. The second-order valence-electron chi connectivity index (χ2n) is 5.36. The van der Waals surface area contributed by atoms with Gasteiger partial charge in [0.2, 0.25) is 0 Å². The number of hydrogen-bond donors (Lipinski definition) is 1. The second-order valence-corrected chi connectivity index (χ2v) is 6.18. The van der Waals surface area contributed by atoms with E-state index in [1.807, 2.05) is 19.1 Å². The van der Waals surface area contributed by atoms with E-state index in [0.29, 0.717) is 6.04 Å². The van der Waals surface area contributed by atoms with Crippen molar-refractivity contribution in [2.45, 2.75) is 52.0 Å². The quantitative estimate of drug-likeness (QED) is 0.753. The van der Waals surface area contributed by atoms with Gasteiger partial charge in [-0.05, 0) is 43.4 Å². The highest BCUT2D eigenvalue weighted by molar-refractivity contribution is 6.35. The molecule has 0 saturated heterocycles. The van der Waals surface area contributed by atoms with Gasteiger partial charge in [0.05, 0.1) is 10.7 Å². The molecular formula is C15H21Cl2N. The highest BCUT2D eigenvalue weighted by atomic mass is 35.5. The van der Waals surface area contributed by atoms with Crippen LogP contribution in [0.3, 0.4) is 0 Å². The third-order valence-electron chi connectivity index (χ3n) is 3.97. The molecule has 0 amide bonds. The third-order valence-corrected chi connectivity index (χ3v) is 4.69. The van der Waals surface area contributed by atoms with Gasteiger partial charge in [-0.3, -0.25) is 0 Å². The van der Waals surface area contributed by atoms with Crippen LogP contribution in [0.4, 0.5) is 5.69 Å². The summed E-state index contributed by atoms with van der Waals surface area (Å²) in [5, 5.41) is 5.12. The first-order valence-corrected chi connectivity index (χ1v) is 7.58. The number of hydrogen-bond acceptors (Lipinski definition) is 1. The Morgan fingerprint density at radius 1 is 1.22 bits per heavy atom. The van der Waals surface area contributed by atoms with Crippen LogP contribution >= 0.6 is 23.2 Å². The Morgan fingerprint density at radius 2 is 2.00 bits per heavy atom. The number of benzene rings is 1. The van der Waals surface area contributed by atoms with Crippen LogP contribution in [-0.4, -0.2) is 6.04 Å². The summed E-state index contributed by atoms with van der Waals surface area (Å²) >= 11 is 12.4. The summed E-state index contributed by atoms with van der Waals surface area (Å²) in [7, 11) is 0. The lowest BCUT2D eigenvalue weighted by atomic mass is 9.84. The lowest BCUT2D eigenvalue weighted by Crippen LogP contribution is -2.27. The van der Waals surface area contributed by atoms with Gasteiger partial charge in [0.25, 0.3) is 0 Å². The van der Waals surface area contributed by atoms with Gasteiger partial charge in [-0.1, -0.05) is 49.4 Å². The van der Waals surface area contributed by atoms with Crippen LogP contribution in [0.1, 0.15) is 44.6 Å². The van der Waals surface area contributed by atoms with Gasteiger partial charge in [0.15, 0.2) is 0 Å². The SMILES string of the molecule is CCC1CCCC(Nc2cc(Cl)c(C)cc2Cl)C1. The van der Waals surface area contributed by atoms with Gasteiger partial charge in [-0.15, -0.1) is 0 Å². The van der Waals surface area contributed by atoms with Crippen molar-refractivity contribution in [3.8, 4) is 0 Å². The summed E-state index contributed by atoms with van der Waals surface area (Å²) in [6.45, 7) is 4.26. The topological polar surface area (TPSA) is 12.0 Å². The molecule has 2 unspecified atom stereocenters. The fourth-order valence-electron chi connectivity index (χ4n) is 2.77. The first-order chi connectivity index (χ1) is 8.60. The van der Waals surface area contributed by atoms with Crippen LogP contribution in [0.15, 0.2) is 12.1 Å². The molecule has 100 valence electrons. The lowest BCUT2D eigenvalue weighted by Gasteiger charge is -2.30. The smallest absolute Gasteiger partial charge is 0.0641 e. The van der Waals surface area contributed by atoms with E-state index in [-0.39, 0.29) is 0 Å². The van der Waals surface area contributed by atoms with Gasteiger partial charge in [0, 0.05) is 11.1 Å². The minimum atomic E-state index is 0.542. The van der Waals surface area contributed by atoms with Crippen LogP contribution < -0.4 is 5.32 Å². The molecule has 0 spiro atoms. The Hall–Kier alpha value is -0.400. The maximum Gasteiger partial charge on any atom is 0.0641 e. The third kappa shape index (κ3) is 3.33. The first-order valence-electron chi connectivity index (χ1n) is 6.82. The van der Waals surface area contributed by atoms with Crippen LogP contribution in [0.25, 0.3) is 0 Å². The zero-order chi connectivity index (χ0) is 13.1. The van der Waals surface area contributed by atoms with Crippen molar-refractivity contribution >= 4 is 28.9 Å². The molecule has 1 aliphatic carbocycles. The fraction of sp³-hybridized carbons (Fsp3) is 0.600. The zero-order valence-electron chi connectivity index (χ0n) is 11.1. The maximum atomic E-state index is 6.27. The first kappa shape index (κ1) is 14.0. The highest BCUT2D eigenvalue weighted by Crippen LogP contribution is 2.33. The van der Waals surface area contributed by atoms with E-state index in [0.717, 1.165) is 27.2 Å². The molecule has 0 radical (unpaired) electrons. The Balaban J connectivity index is 2.07. The van der Waals surface area contributed by atoms with Crippen molar-refractivity contribution < 1.29 is 0 Å². The summed E-state index contributed by atoms with van der Waals surface area (Å²) in [5.74, 6) is 0.857. The van der Waals surface area contributed by atoms with E-state index in [1.165, 1.54) is 32.1 Å². The van der Waals surface area contributed by atoms with Crippen molar-refractivity contribution in [2.75, 3.05) is 5.32 Å². The fourth-order valence-corrected chi connectivity index (χ4v) is 3.21. The number of halogens is 2. The van der Waals surface area contributed by atoms with Gasteiger partial charge in [-0.2, -0.15) is 0 Å². The predicted molar refractivity (Wildman–Crippen MR) is 80.9 cm³/mol. The van der Waals surface area contributed by atoms with Crippen molar-refractivity contribution in [1.82, 2.24) is 0 Å². The van der Waals surface area contributed by atoms with Gasteiger partial charge < -0.3 is 5.32 Å². The largest absolute Gasteiger partial charge is 0.381 e. The zero-order valence-corrected chi connectivity index (χ0v) is 12.6. The lowest BCUT2D eigenvalue weighted by molar-refractivity contribution is 0.327. The average Bonchev–Trinajstić information content (AvgIpc) is 2.36. The Bertz CT molecular complexity index is 417. The molecular weight excluding hydrogens is 265 g/mol. The molecule has 0 aromatic heterocycles. The summed E-state index contributed by atoms with van der Waals surface area (Å²) in [6, 6.07) is 4.43. The maximum absolute atomic E-state index is 6.27. The van der Waals surface area contributed by atoms with E-state index in [9.17, 15) is 0 Å². The van der Waals surface area contributed by atoms with Crippen LogP contribution in [0.2, 0.25) is 10.0 Å². The molecule has 1 aromatic rings.